The van der Waals surface area contributed by atoms with Crippen LogP contribution in [0.25, 0.3) is 0 Å². The number of furan rings is 1. The summed E-state index contributed by atoms with van der Waals surface area (Å²) in [5.74, 6) is 4.45. The molecule has 12 rings (SSSR count). The van der Waals surface area contributed by atoms with E-state index < -0.39 is 0 Å². The second-order valence-corrected chi connectivity index (χ2v) is 24.4. The van der Waals surface area contributed by atoms with E-state index in [2.05, 4.69) is 148 Å². The van der Waals surface area contributed by atoms with Crippen molar-refractivity contribution in [3.63, 3.8) is 0 Å². The van der Waals surface area contributed by atoms with Gasteiger partial charge in [0.1, 0.15) is 23.0 Å². The summed E-state index contributed by atoms with van der Waals surface area (Å²) in [6.45, 7) is 42.1. The number of oxazole rings is 1. The summed E-state index contributed by atoms with van der Waals surface area (Å²) in [5, 5.41) is 18.9. The molecule has 1 N–H and O–H groups in total. The Bertz CT molecular complexity index is 2580. The first-order valence-electron chi connectivity index (χ1n) is 27.5. The number of nitrogens with zero attached hydrogens (tertiary/aromatic N) is 12. The lowest BCUT2D eigenvalue weighted by Crippen LogP contribution is -1.85. The van der Waals surface area contributed by atoms with Crippen LogP contribution < -0.4 is 0 Å². The van der Waals surface area contributed by atoms with Crippen molar-refractivity contribution < 1.29 is 13.4 Å². The summed E-state index contributed by atoms with van der Waals surface area (Å²) in [6.07, 6.45) is 21.9. The molecular formula is C65H95N13O3S3. The van der Waals surface area contributed by atoms with Gasteiger partial charge in [-0.3, -0.25) is 14.8 Å². The largest absolute Gasteiger partial charge is 0.467 e. The summed E-state index contributed by atoms with van der Waals surface area (Å²) in [7, 11) is 5.83. The second-order valence-electron chi connectivity index (χ2n) is 20.4. The second kappa shape index (κ2) is 41.4. The maximum absolute atomic E-state index is 5.08. The Hall–Kier alpha value is -7.61. The molecule has 0 bridgehead atoms. The van der Waals surface area contributed by atoms with Gasteiger partial charge in [-0.25, -0.2) is 15.0 Å². The zero-order valence-corrected chi connectivity index (χ0v) is 57.1. The van der Waals surface area contributed by atoms with Crippen LogP contribution in [0.15, 0.2) is 145 Å². The van der Waals surface area contributed by atoms with Crippen molar-refractivity contribution in [2.24, 2.45) is 26.1 Å². The molecule has 456 valence electrons. The van der Waals surface area contributed by atoms with E-state index in [9.17, 15) is 0 Å². The van der Waals surface area contributed by atoms with Crippen LogP contribution in [-0.4, -0.2) is 64.5 Å². The Balaban J connectivity index is 0.000000458. The third-order valence-electron chi connectivity index (χ3n) is 10.3. The Labute approximate surface area is 513 Å². The molecule has 11 heterocycles. The fraction of sp³-hybridized carbons (Fsp3) is 0.400. The summed E-state index contributed by atoms with van der Waals surface area (Å²) < 4.78 is 24.5. The van der Waals surface area contributed by atoms with Gasteiger partial charge in [0.25, 0.3) is 0 Å². The van der Waals surface area contributed by atoms with Crippen molar-refractivity contribution in [1.82, 2.24) is 58.8 Å². The fourth-order valence-corrected chi connectivity index (χ4v) is 8.81. The molecule has 0 aromatic carbocycles. The highest BCUT2D eigenvalue weighted by molar-refractivity contribution is 7.12. The summed E-state index contributed by atoms with van der Waals surface area (Å²) in [6, 6.07) is 16.2. The number of H-pyrrole nitrogens is 1. The minimum atomic E-state index is 0.734. The summed E-state index contributed by atoms with van der Waals surface area (Å²) in [4.78, 5) is 21.3. The SMILES string of the molecule is CC1=CC=C(C)C1.CC1=CN=C(C)C1.Cc1cc(C)[nH]n1.Cc1cc(C)on1.Cc1cc(C)sn1.Cc1ccc(C)o1.Cc1ccc(C)s1.Cc1ccn(C)c1.Cc1cn(C)cn1.Cc1cn(C)nn1.Cc1cnc(C)o1.Cc1cnc(C)s1. The molecule has 10 aromatic heterocycles. The van der Waals surface area contributed by atoms with E-state index in [-0.39, 0.29) is 0 Å². The third kappa shape index (κ3) is 39.8. The molecule has 84 heavy (non-hydrogen) atoms. The standard InChI is InChI=1S/C7H10.2C6H9N.C6H8O.C6H8S.2C5H8N2.2C5H7NO.2C5H7NS.C4H7N3/c1-6-3-4-7(2)5-6;1-5-3-6(2)7-4-5;1-6-3-4-7(2)5-6;2*1-5-3-4-6(2)7-5;1-5-3-7(2)4-6-5;1-4-3-5(2)7-6-4;1-4-3-6-5(2)7-4;1-4-3-5(2)7-6-4;1-4-3-6-5(2)7-4;1-4-3-5(2)7-6-4;1-4-3-7(2)6-5-4/h3-4H,5H2,1-2H3;4H,3H2,1-2H3;3-5H,1-2H3;3*3-4H,1-2H3;3H,1-2H3,(H,6,7);5*3H,1-2H3. The predicted molar refractivity (Wildman–Crippen MR) is 353 cm³/mol. The van der Waals surface area contributed by atoms with Gasteiger partial charge in [0, 0.05) is 109 Å². The van der Waals surface area contributed by atoms with Crippen molar-refractivity contribution in [3.05, 3.63) is 220 Å². The topological polar surface area (TPSA) is 185 Å². The molecule has 0 saturated carbocycles. The minimum absolute atomic E-state index is 0.734. The number of aromatic nitrogens is 12. The van der Waals surface area contributed by atoms with Crippen molar-refractivity contribution in [1.29, 1.82) is 0 Å². The first kappa shape index (κ1) is 74.4. The van der Waals surface area contributed by atoms with Gasteiger partial charge in [-0.2, -0.15) is 9.47 Å². The number of aliphatic imine (C=N–C) groups is 1. The Kier molecular flexibility index (Phi) is 36.7. The van der Waals surface area contributed by atoms with Crippen molar-refractivity contribution in [3.8, 4) is 0 Å². The van der Waals surface area contributed by atoms with E-state index in [1.54, 1.807) is 40.1 Å². The lowest BCUT2D eigenvalue weighted by molar-refractivity contribution is 0.393. The molecule has 0 saturated heterocycles. The molecule has 0 amide bonds. The quantitative estimate of drug-likeness (QED) is 0.152. The molecule has 16 nitrogen and oxygen atoms in total. The van der Waals surface area contributed by atoms with Crippen LogP contribution in [0.4, 0.5) is 0 Å². The number of allylic oxidation sites excluding steroid dienone is 5. The Morgan fingerprint density at radius 3 is 1.30 bits per heavy atom. The van der Waals surface area contributed by atoms with Gasteiger partial charge in [-0.15, -0.1) is 27.8 Å². The number of hydrogen-bond acceptors (Lipinski definition) is 15. The zero-order valence-electron chi connectivity index (χ0n) is 54.6. The molecule has 0 spiro atoms. The third-order valence-corrected chi connectivity index (χ3v) is 12.9. The number of hydrogen-bond donors (Lipinski definition) is 1. The highest BCUT2D eigenvalue weighted by atomic mass is 32.1. The summed E-state index contributed by atoms with van der Waals surface area (Å²) in [5.41, 5.74) is 13.2. The number of imidazole rings is 1. The highest BCUT2D eigenvalue weighted by Crippen LogP contribution is 2.16. The normalized spacial score (nSPS) is 11.0. The van der Waals surface area contributed by atoms with Gasteiger partial charge in [-0.1, -0.05) is 33.7 Å². The maximum Gasteiger partial charge on any atom is 0.191 e. The summed E-state index contributed by atoms with van der Waals surface area (Å²) >= 11 is 5.13. The molecule has 0 fully saturated rings. The van der Waals surface area contributed by atoms with Gasteiger partial charge in [-0.05, 0) is 210 Å². The molecule has 1 aliphatic heterocycles. The first-order chi connectivity index (χ1) is 39.5. The number of aryl methyl sites for hydroxylation is 20. The number of nitrogens with one attached hydrogen (secondary N) is 1. The molecule has 0 radical (unpaired) electrons. The van der Waals surface area contributed by atoms with E-state index in [4.69, 9.17) is 13.4 Å². The van der Waals surface area contributed by atoms with Crippen molar-refractivity contribution in [2.45, 2.75) is 158 Å². The van der Waals surface area contributed by atoms with Crippen molar-refractivity contribution in [2.75, 3.05) is 0 Å². The highest BCUT2D eigenvalue weighted by Gasteiger charge is 1.98. The molecule has 0 unspecified atom stereocenters. The van der Waals surface area contributed by atoms with Gasteiger partial charge in [0.05, 0.1) is 46.0 Å². The monoisotopic (exact) mass is 1200 g/mol. The van der Waals surface area contributed by atoms with Crippen LogP contribution in [-0.2, 0) is 21.1 Å². The minimum Gasteiger partial charge on any atom is -0.467 e. The molecule has 19 heteroatoms. The predicted octanol–water partition coefficient (Wildman–Crippen LogP) is 17.6. The molecule has 0 atom stereocenters. The van der Waals surface area contributed by atoms with Crippen LogP contribution in [0.3, 0.4) is 0 Å². The van der Waals surface area contributed by atoms with Crippen LogP contribution in [0.5, 0.6) is 0 Å². The van der Waals surface area contributed by atoms with E-state index in [1.165, 1.54) is 53.9 Å². The van der Waals surface area contributed by atoms with E-state index in [0.29, 0.717) is 0 Å². The Morgan fingerprint density at radius 2 is 1.15 bits per heavy atom. The van der Waals surface area contributed by atoms with Crippen molar-refractivity contribution >= 4 is 39.9 Å². The van der Waals surface area contributed by atoms with E-state index in [0.717, 1.165) is 74.5 Å². The number of aromatic amines is 1. The van der Waals surface area contributed by atoms with Crippen LogP contribution in [0, 0.1) is 118 Å². The van der Waals surface area contributed by atoms with Gasteiger partial charge in [0.2, 0.25) is 0 Å². The lowest BCUT2D eigenvalue weighted by atomic mass is 10.2. The van der Waals surface area contributed by atoms with Crippen LogP contribution in [0.2, 0.25) is 0 Å². The smallest absolute Gasteiger partial charge is 0.191 e. The van der Waals surface area contributed by atoms with Gasteiger partial charge < -0.3 is 22.5 Å². The fourth-order valence-electron chi connectivity index (χ4n) is 6.79. The van der Waals surface area contributed by atoms with E-state index in [1.807, 2.05) is 187 Å². The van der Waals surface area contributed by atoms with Crippen LogP contribution in [0.1, 0.15) is 134 Å². The molecule has 2 aliphatic rings. The van der Waals surface area contributed by atoms with Gasteiger partial charge >= 0.3 is 0 Å². The lowest BCUT2D eigenvalue weighted by Gasteiger charge is -1.87. The molecule has 10 aromatic rings. The zero-order chi connectivity index (χ0) is 63.3. The molecular weight excluding hydrogens is 1110 g/mol. The Morgan fingerprint density at radius 1 is 0.512 bits per heavy atom. The number of thiazole rings is 1. The van der Waals surface area contributed by atoms with Gasteiger partial charge in [0.15, 0.2) is 5.89 Å². The maximum atomic E-state index is 5.08. The average molecular weight is 1200 g/mol. The number of rotatable bonds is 0. The first-order valence-corrected chi connectivity index (χ1v) is 29.9. The van der Waals surface area contributed by atoms with Crippen LogP contribution >= 0.6 is 34.2 Å². The number of thiophene rings is 1. The van der Waals surface area contributed by atoms with E-state index >= 15 is 0 Å². The molecule has 1 aliphatic carbocycles. The average Bonchev–Trinajstić information content (AvgIpc) is 4.22.